The molecule has 0 atom stereocenters. The molecule has 2 aromatic rings. The van der Waals surface area contributed by atoms with Crippen molar-refractivity contribution in [1.82, 2.24) is 4.98 Å². The van der Waals surface area contributed by atoms with E-state index in [-0.39, 0.29) is 0 Å². The molecule has 0 aliphatic heterocycles. The van der Waals surface area contributed by atoms with Crippen LogP contribution in [-0.2, 0) is 0 Å². The number of aromatic nitrogens is 1. The first kappa shape index (κ1) is 7.96. The van der Waals surface area contributed by atoms with Gasteiger partial charge in [-0.15, -0.1) is 11.3 Å². The van der Waals surface area contributed by atoms with Crippen molar-refractivity contribution in [3.05, 3.63) is 40.7 Å². The van der Waals surface area contributed by atoms with Crippen molar-refractivity contribution >= 4 is 11.3 Å². The van der Waals surface area contributed by atoms with Crippen LogP contribution in [0.5, 0.6) is 0 Å². The summed E-state index contributed by atoms with van der Waals surface area (Å²) < 4.78 is 0. The van der Waals surface area contributed by atoms with E-state index in [2.05, 4.69) is 11.1 Å². The van der Waals surface area contributed by atoms with Crippen molar-refractivity contribution in [3.63, 3.8) is 0 Å². The van der Waals surface area contributed by atoms with Gasteiger partial charge in [0.1, 0.15) is 10.9 Å². The van der Waals surface area contributed by atoms with Crippen LogP contribution < -0.4 is 0 Å². The highest BCUT2D eigenvalue weighted by atomic mass is 32.1. The number of rotatable bonds is 1. The van der Waals surface area contributed by atoms with Gasteiger partial charge in [0.2, 0.25) is 0 Å². The third kappa shape index (κ3) is 1.44. The van der Waals surface area contributed by atoms with Gasteiger partial charge in [-0.3, -0.25) is 0 Å². The molecule has 0 saturated heterocycles. The first-order valence-corrected chi connectivity index (χ1v) is 4.69. The summed E-state index contributed by atoms with van der Waals surface area (Å²) >= 11 is 1.37. The van der Waals surface area contributed by atoms with Gasteiger partial charge in [0.05, 0.1) is 11.2 Å². The highest BCUT2D eigenvalue weighted by molar-refractivity contribution is 7.10. The maximum Gasteiger partial charge on any atom is 0.132 e. The minimum Gasteiger partial charge on any atom is -0.243 e. The smallest absolute Gasteiger partial charge is 0.132 e. The molecule has 0 spiro atoms. The lowest BCUT2D eigenvalue weighted by Gasteiger charge is -1.94. The summed E-state index contributed by atoms with van der Waals surface area (Å²) in [6, 6.07) is 11.9. The van der Waals surface area contributed by atoms with E-state index < -0.39 is 0 Å². The molecule has 0 amide bonds. The van der Waals surface area contributed by atoms with Crippen LogP contribution in [0.3, 0.4) is 0 Å². The molecule has 0 aliphatic rings. The summed E-state index contributed by atoms with van der Waals surface area (Å²) in [7, 11) is 0. The zero-order valence-electron chi connectivity index (χ0n) is 6.77. The van der Waals surface area contributed by atoms with E-state index in [1.54, 1.807) is 5.51 Å². The van der Waals surface area contributed by atoms with Crippen LogP contribution in [0.2, 0.25) is 0 Å². The van der Waals surface area contributed by atoms with Gasteiger partial charge in [0.15, 0.2) is 0 Å². The highest BCUT2D eigenvalue weighted by Gasteiger charge is 2.06. The second-order valence-corrected chi connectivity index (χ2v) is 3.36. The van der Waals surface area contributed by atoms with E-state index in [4.69, 9.17) is 5.26 Å². The summed E-state index contributed by atoms with van der Waals surface area (Å²) in [5, 5.41) is 8.79. The van der Waals surface area contributed by atoms with Crippen LogP contribution in [-0.4, -0.2) is 4.98 Å². The van der Waals surface area contributed by atoms with E-state index >= 15 is 0 Å². The Morgan fingerprint density at radius 1 is 1.23 bits per heavy atom. The number of nitrogens with zero attached hydrogens (tertiary/aromatic N) is 2. The number of nitriles is 1. The molecule has 3 heteroatoms. The van der Waals surface area contributed by atoms with E-state index in [1.807, 2.05) is 30.3 Å². The Hall–Kier alpha value is -1.66. The molecule has 0 radical (unpaired) electrons. The number of benzene rings is 1. The molecule has 0 bridgehead atoms. The van der Waals surface area contributed by atoms with Crippen LogP contribution in [0.4, 0.5) is 0 Å². The van der Waals surface area contributed by atoms with Crippen LogP contribution in [0.15, 0.2) is 35.8 Å². The van der Waals surface area contributed by atoms with Crippen molar-refractivity contribution in [1.29, 1.82) is 5.26 Å². The first-order valence-electron chi connectivity index (χ1n) is 3.81. The van der Waals surface area contributed by atoms with Gasteiger partial charge < -0.3 is 0 Å². The Bertz CT molecular complexity index is 439. The monoisotopic (exact) mass is 186 g/mol. The Balaban J connectivity index is 2.54. The molecule has 2 rings (SSSR count). The van der Waals surface area contributed by atoms with Gasteiger partial charge in [-0.25, -0.2) is 4.98 Å². The van der Waals surface area contributed by atoms with Crippen LogP contribution in [0, 0.1) is 11.3 Å². The maximum atomic E-state index is 8.79. The predicted molar refractivity (Wildman–Crippen MR) is 52.3 cm³/mol. The lowest BCUT2D eigenvalue weighted by Crippen LogP contribution is -1.78. The van der Waals surface area contributed by atoms with Crippen molar-refractivity contribution in [2.75, 3.05) is 0 Å². The average Bonchev–Trinajstić information content (AvgIpc) is 2.67. The van der Waals surface area contributed by atoms with Gasteiger partial charge in [-0.2, -0.15) is 5.26 Å². The summed E-state index contributed by atoms with van der Waals surface area (Å²) in [5.74, 6) is 0. The van der Waals surface area contributed by atoms with Gasteiger partial charge in [0.25, 0.3) is 0 Å². The summed E-state index contributed by atoms with van der Waals surface area (Å²) in [4.78, 5) is 4.83. The van der Waals surface area contributed by atoms with Crippen molar-refractivity contribution < 1.29 is 0 Å². The summed E-state index contributed by atoms with van der Waals surface area (Å²) in [6.45, 7) is 0. The topological polar surface area (TPSA) is 36.7 Å². The van der Waals surface area contributed by atoms with Crippen molar-refractivity contribution in [2.24, 2.45) is 0 Å². The van der Waals surface area contributed by atoms with Crippen LogP contribution >= 0.6 is 11.3 Å². The number of hydrogen-bond acceptors (Lipinski definition) is 3. The molecular weight excluding hydrogens is 180 g/mol. The average molecular weight is 186 g/mol. The lowest BCUT2D eigenvalue weighted by molar-refractivity contribution is 1.39. The third-order valence-corrected chi connectivity index (χ3v) is 2.45. The molecule has 0 unspecified atom stereocenters. The second kappa shape index (κ2) is 3.38. The van der Waals surface area contributed by atoms with Crippen molar-refractivity contribution in [3.8, 4) is 17.3 Å². The molecule has 2 nitrogen and oxygen atoms in total. The fraction of sp³-hybridized carbons (Fsp3) is 0. The summed E-state index contributed by atoms with van der Waals surface area (Å²) in [5.41, 5.74) is 3.48. The van der Waals surface area contributed by atoms with Crippen molar-refractivity contribution in [2.45, 2.75) is 0 Å². The standard InChI is InChI=1S/C10H6N2S/c11-6-9-10(12-7-13-9)8-4-2-1-3-5-8/h1-5,7H. The fourth-order valence-electron chi connectivity index (χ4n) is 1.13. The quantitative estimate of drug-likeness (QED) is 0.686. The minimum atomic E-state index is 0.672. The Labute approximate surface area is 80.1 Å². The van der Waals surface area contributed by atoms with E-state index in [0.29, 0.717) is 4.88 Å². The second-order valence-electron chi connectivity index (χ2n) is 2.51. The number of thiazole rings is 1. The lowest BCUT2D eigenvalue weighted by atomic mass is 10.1. The van der Waals surface area contributed by atoms with Crippen LogP contribution in [0.1, 0.15) is 4.88 Å². The molecule has 1 heterocycles. The minimum absolute atomic E-state index is 0.672. The molecular formula is C10H6N2S. The zero-order chi connectivity index (χ0) is 9.10. The summed E-state index contributed by atoms with van der Waals surface area (Å²) in [6.07, 6.45) is 0. The molecule has 1 aromatic carbocycles. The molecule has 0 aliphatic carbocycles. The SMILES string of the molecule is N#Cc1scnc1-c1ccccc1. The molecule has 1 aromatic heterocycles. The maximum absolute atomic E-state index is 8.79. The number of hydrogen-bond donors (Lipinski definition) is 0. The Morgan fingerprint density at radius 2 is 2.00 bits per heavy atom. The molecule has 0 fully saturated rings. The van der Waals surface area contributed by atoms with E-state index in [0.717, 1.165) is 11.3 Å². The normalized spacial score (nSPS) is 9.46. The highest BCUT2D eigenvalue weighted by Crippen LogP contribution is 2.23. The molecule has 13 heavy (non-hydrogen) atoms. The molecule has 0 N–H and O–H groups in total. The van der Waals surface area contributed by atoms with Gasteiger partial charge in [0, 0.05) is 5.56 Å². The predicted octanol–water partition coefficient (Wildman–Crippen LogP) is 2.68. The van der Waals surface area contributed by atoms with Crippen LogP contribution in [0.25, 0.3) is 11.3 Å². The van der Waals surface area contributed by atoms with Gasteiger partial charge >= 0.3 is 0 Å². The molecule has 62 valence electrons. The Kier molecular flexibility index (Phi) is 2.07. The first-order chi connectivity index (χ1) is 6.42. The third-order valence-electron chi connectivity index (χ3n) is 1.72. The van der Waals surface area contributed by atoms with Gasteiger partial charge in [-0.05, 0) is 0 Å². The molecule has 0 saturated carbocycles. The van der Waals surface area contributed by atoms with E-state index in [1.165, 1.54) is 11.3 Å². The van der Waals surface area contributed by atoms with E-state index in [9.17, 15) is 0 Å². The van der Waals surface area contributed by atoms with Gasteiger partial charge in [-0.1, -0.05) is 30.3 Å². The Morgan fingerprint density at radius 3 is 2.69 bits per heavy atom. The zero-order valence-corrected chi connectivity index (χ0v) is 7.58. The fourth-order valence-corrected chi connectivity index (χ4v) is 1.73. The largest absolute Gasteiger partial charge is 0.243 e.